The molecule has 1 unspecified atom stereocenters. The van der Waals surface area contributed by atoms with E-state index in [0.717, 1.165) is 6.42 Å². The second-order valence-corrected chi connectivity index (χ2v) is 6.80. The molecule has 0 aromatic rings. The second kappa shape index (κ2) is 6.08. The van der Waals surface area contributed by atoms with Gasteiger partial charge in [0.1, 0.15) is 0 Å². The Morgan fingerprint density at radius 3 is 2.17 bits per heavy atom. The smallest absolute Gasteiger partial charge is 0.0365 e. The van der Waals surface area contributed by atoms with E-state index >= 15 is 0 Å². The zero-order chi connectivity index (χ0) is 13.8. The van der Waals surface area contributed by atoms with E-state index < -0.39 is 0 Å². The van der Waals surface area contributed by atoms with Gasteiger partial charge in [0.05, 0.1) is 0 Å². The fourth-order valence-corrected chi connectivity index (χ4v) is 3.07. The van der Waals surface area contributed by atoms with Crippen molar-refractivity contribution in [3.8, 4) is 11.8 Å². The van der Waals surface area contributed by atoms with E-state index in [2.05, 4.69) is 64.0 Å². The van der Waals surface area contributed by atoms with Crippen LogP contribution in [0.5, 0.6) is 0 Å². The lowest BCUT2D eigenvalue weighted by Gasteiger charge is -2.42. The standard InChI is InChI=1S/C16H30N2/c1-15(2,3)11-9-10-14(17-4)16(18(5)6)12-7-8-13-16/h14,17H,7-8,10,12-13H2,1-6H3. The van der Waals surface area contributed by atoms with Crippen LogP contribution in [0.25, 0.3) is 0 Å². The number of hydrogen-bond acceptors (Lipinski definition) is 2. The molecule has 1 saturated carbocycles. The first-order valence-corrected chi connectivity index (χ1v) is 7.16. The lowest BCUT2D eigenvalue weighted by Crippen LogP contribution is -2.56. The summed E-state index contributed by atoms with van der Waals surface area (Å²) in [7, 11) is 6.51. The molecule has 0 amide bonds. The number of hydrogen-bond donors (Lipinski definition) is 1. The van der Waals surface area contributed by atoms with E-state index in [9.17, 15) is 0 Å². The van der Waals surface area contributed by atoms with Crippen LogP contribution in [0.2, 0.25) is 0 Å². The Kier molecular flexibility index (Phi) is 5.25. The first kappa shape index (κ1) is 15.5. The summed E-state index contributed by atoms with van der Waals surface area (Å²) < 4.78 is 0. The molecule has 0 saturated heterocycles. The van der Waals surface area contributed by atoms with Gasteiger partial charge in [0.2, 0.25) is 0 Å². The Labute approximate surface area is 114 Å². The average Bonchev–Trinajstić information content (AvgIpc) is 2.73. The van der Waals surface area contributed by atoms with Crippen LogP contribution >= 0.6 is 0 Å². The number of nitrogens with zero attached hydrogens (tertiary/aromatic N) is 1. The summed E-state index contributed by atoms with van der Waals surface area (Å²) in [6.07, 6.45) is 6.24. The molecule has 2 heteroatoms. The topological polar surface area (TPSA) is 15.3 Å². The van der Waals surface area contributed by atoms with Crippen LogP contribution in [0.1, 0.15) is 52.9 Å². The molecule has 0 radical (unpaired) electrons. The molecule has 104 valence electrons. The third kappa shape index (κ3) is 3.73. The van der Waals surface area contributed by atoms with Gasteiger partial charge in [-0.15, -0.1) is 5.92 Å². The van der Waals surface area contributed by atoms with Gasteiger partial charge in [0.15, 0.2) is 0 Å². The van der Waals surface area contributed by atoms with Gasteiger partial charge in [-0.25, -0.2) is 0 Å². The first-order chi connectivity index (χ1) is 8.32. The minimum atomic E-state index is 0.110. The van der Waals surface area contributed by atoms with Crippen molar-refractivity contribution in [1.82, 2.24) is 10.2 Å². The molecule has 0 aliphatic heterocycles. The Balaban J connectivity index is 2.77. The molecule has 1 aliphatic carbocycles. The maximum Gasteiger partial charge on any atom is 0.0365 e. The minimum Gasteiger partial charge on any atom is -0.314 e. The average molecular weight is 250 g/mol. The van der Waals surface area contributed by atoms with Crippen LogP contribution in [0.4, 0.5) is 0 Å². The zero-order valence-electron chi connectivity index (χ0n) is 13.1. The molecule has 0 aromatic heterocycles. The van der Waals surface area contributed by atoms with Crippen molar-refractivity contribution in [2.75, 3.05) is 21.1 Å². The summed E-state index contributed by atoms with van der Waals surface area (Å²) >= 11 is 0. The molecule has 1 atom stereocenters. The van der Waals surface area contributed by atoms with Crippen LogP contribution in [0, 0.1) is 17.3 Å². The largest absolute Gasteiger partial charge is 0.314 e. The van der Waals surface area contributed by atoms with E-state index in [1.165, 1.54) is 25.7 Å². The second-order valence-electron chi connectivity index (χ2n) is 6.80. The predicted molar refractivity (Wildman–Crippen MR) is 79.6 cm³/mol. The summed E-state index contributed by atoms with van der Waals surface area (Å²) in [4.78, 5) is 2.42. The van der Waals surface area contributed by atoms with Crippen LogP contribution in [0.3, 0.4) is 0 Å². The molecule has 1 aliphatic rings. The normalized spacial score (nSPS) is 20.6. The summed E-state index contributed by atoms with van der Waals surface area (Å²) in [6.45, 7) is 6.52. The molecule has 18 heavy (non-hydrogen) atoms. The fraction of sp³-hybridized carbons (Fsp3) is 0.875. The molecule has 0 spiro atoms. The molecule has 1 rings (SSSR count). The van der Waals surface area contributed by atoms with Crippen LogP contribution < -0.4 is 5.32 Å². The predicted octanol–water partition coefficient (Wildman–Crippen LogP) is 2.89. The molecule has 0 aromatic carbocycles. The highest BCUT2D eigenvalue weighted by Gasteiger charge is 2.42. The lowest BCUT2D eigenvalue weighted by atomic mass is 9.84. The molecule has 2 nitrogen and oxygen atoms in total. The Bertz CT molecular complexity index is 308. The van der Waals surface area contributed by atoms with Gasteiger partial charge < -0.3 is 10.2 Å². The number of rotatable bonds is 4. The van der Waals surface area contributed by atoms with E-state index in [1.807, 2.05) is 0 Å². The van der Waals surface area contributed by atoms with E-state index in [1.54, 1.807) is 0 Å². The monoisotopic (exact) mass is 250 g/mol. The molecule has 1 fully saturated rings. The van der Waals surface area contributed by atoms with E-state index in [4.69, 9.17) is 0 Å². The Morgan fingerprint density at radius 2 is 1.78 bits per heavy atom. The fourth-order valence-electron chi connectivity index (χ4n) is 3.07. The summed E-state index contributed by atoms with van der Waals surface area (Å²) in [5, 5.41) is 3.51. The highest BCUT2D eigenvalue weighted by Crippen LogP contribution is 2.37. The highest BCUT2D eigenvalue weighted by atomic mass is 15.2. The first-order valence-electron chi connectivity index (χ1n) is 7.16. The van der Waals surface area contributed by atoms with Gasteiger partial charge in [-0.2, -0.15) is 0 Å². The highest BCUT2D eigenvalue weighted by molar-refractivity contribution is 5.12. The molecular weight excluding hydrogens is 220 g/mol. The van der Waals surface area contributed by atoms with Crippen molar-refractivity contribution in [3.63, 3.8) is 0 Å². The van der Waals surface area contributed by atoms with Crippen molar-refractivity contribution in [2.45, 2.75) is 64.5 Å². The summed E-state index contributed by atoms with van der Waals surface area (Å²) in [6, 6.07) is 0.477. The Morgan fingerprint density at radius 1 is 1.22 bits per heavy atom. The van der Waals surface area contributed by atoms with Gasteiger partial charge in [0.25, 0.3) is 0 Å². The van der Waals surface area contributed by atoms with Gasteiger partial charge in [0, 0.05) is 23.4 Å². The Hall–Kier alpha value is -0.520. The third-order valence-corrected chi connectivity index (χ3v) is 4.13. The van der Waals surface area contributed by atoms with Crippen molar-refractivity contribution in [2.24, 2.45) is 5.41 Å². The van der Waals surface area contributed by atoms with Crippen molar-refractivity contribution in [3.05, 3.63) is 0 Å². The SMILES string of the molecule is CNC(CC#CC(C)(C)C)C1(N(C)C)CCCC1. The van der Waals surface area contributed by atoms with Gasteiger partial charge in [-0.3, -0.25) is 0 Å². The van der Waals surface area contributed by atoms with Crippen LogP contribution in [-0.2, 0) is 0 Å². The number of likely N-dealkylation sites (N-methyl/N-ethyl adjacent to an activating group) is 2. The van der Waals surface area contributed by atoms with Crippen molar-refractivity contribution < 1.29 is 0 Å². The maximum absolute atomic E-state index is 3.51. The zero-order valence-corrected chi connectivity index (χ0v) is 13.1. The van der Waals surface area contributed by atoms with Gasteiger partial charge >= 0.3 is 0 Å². The van der Waals surface area contributed by atoms with Gasteiger partial charge in [-0.1, -0.05) is 18.8 Å². The summed E-state index contributed by atoms with van der Waals surface area (Å²) in [5.41, 5.74) is 0.417. The van der Waals surface area contributed by atoms with Crippen LogP contribution in [0.15, 0.2) is 0 Å². The molecular formula is C16H30N2. The minimum absolute atomic E-state index is 0.110. The quantitative estimate of drug-likeness (QED) is 0.772. The van der Waals surface area contributed by atoms with Crippen molar-refractivity contribution >= 4 is 0 Å². The molecule has 0 bridgehead atoms. The van der Waals surface area contributed by atoms with Crippen molar-refractivity contribution in [1.29, 1.82) is 0 Å². The maximum atomic E-state index is 3.51. The van der Waals surface area contributed by atoms with E-state index in [-0.39, 0.29) is 5.41 Å². The lowest BCUT2D eigenvalue weighted by molar-refractivity contribution is 0.110. The van der Waals surface area contributed by atoms with Gasteiger partial charge in [-0.05, 0) is 54.8 Å². The number of nitrogens with one attached hydrogen (secondary N) is 1. The third-order valence-electron chi connectivity index (χ3n) is 4.13. The summed E-state index contributed by atoms with van der Waals surface area (Å²) in [5.74, 6) is 6.75. The van der Waals surface area contributed by atoms with Crippen LogP contribution in [-0.4, -0.2) is 37.6 Å². The van der Waals surface area contributed by atoms with E-state index in [0.29, 0.717) is 11.6 Å². The molecule has 0 heterocycles. The molecule has 1 N–H and O–H groups in total.